The van der Waals surface area contributed by atoms with Crippen LogP contribution in [-0.2, 0) is 11.2 Å². The Kier molecular flexibility index (Phi) is 7.09. The Morgan fingerprint density at radius 2 is 1.94 bits per heavy atom. The first-order valence-corrected chi connectivity index (χ1v) is 6.91. The normalized spacial score (nSPS) is 10.3. The van der Waals surface area contributed by atoms with E-state index in [0.29, 0.717) is 12.2 Å². The van der Waals surface area contributed by atoms with E-state index in [2.05, 4.69) is 25.6 Å². The van der Waals surface area contributed by atoms with Crippen molar-refractivity contribution >= 4 is 5.78 Å². The summed E-state index contributed by atoms with van der Waals surface area (Å²) in [4.78, 5) is 11.7. The maximum atomic E-state index is 11.7. The molecule has 0 radical (unpaired) electrons. The van der Waals surface area contributed by atoms with Crippen molar-refractivity contribution in [1.82, 2.24) is 0 Å². The summed E-state index contributed by atoms with van der Waals surface area (Å²) in [5.41, 5.74) is 2.59. The van der Waals surface area contributed by atoms with E-state index in [9.17, 15) is 4.79 Å². The first-order chi connectivity index (χ1) is 8.74. The van der Waals surface area contributed by atoms with Gasteiger partial charge < -0.3 is 0 Å². The monoisotopic (exact) mass is 244 g/mol. The minimum atomic E-state index is 0.400. The topological polar surface area (TPSA) is 17.1 Å². The molecular weight excluding hydrogens is 220 g/mol. The summed E-state index contributed by atoms with van der Waals surface area (Å²) in [5.74, 6) is 0.400. The quantitative estimate of drug-likeness (QED) is 0.457. The average Bonchev–Trinajstić information content (AvgIpc) is 2.37. The van der Waals surface area contributed by atoms with Crippen LogP contribution in [0, 0.1) is 6.92 Å². The molecule has 0 aliphatic rings. The lowest BCUT2D eigenvalue weighted by Gasteiger charge is -2.05. The maximum absolute atomic E-state index is 11.7. The number of unbranched alkanes of at least 4 members (excludes halogenated alkanes) is 3. The number of carbonyl (C=O) groups excluding carboxylic acids is 1. The van der Waals surface area contributed by atoms with Crippen LogP contribution >= 0.6 is 0 Å². The molecule has 0 saturated heterocycles. The molecule has 0 N–H and O–H groups in total. The van der Waals surface area contributed by atoms with Crippen LogP contribution in [-0.4, -0.2) is 5.78 Å². The van der Waals surface area contributed by atoms with Gasteiger partial charge in [-0.3, -0.25) is 4.79 Å². The van der Waals surface area contributed by atoms with E-state index in [-0.39, 0.29) is 0 Å². The van der Waals surface area contributed by atoms with Crippen molar-refractivity contribution in [2.24, 2.45) is 0 Å². The van der Waals surface area contributed by atoms with Gasteiger partial charge in [0.25, 0.3) is 0 Å². The third-order valence-electron chi connectivity index (χ3n) is 3.30. The predicted octanol–water partition coefficient (Wildman–Crippen LogP) is 4.63. The van der Waals surface area contributed by atoms with Gasteiger partial charge in [-0.25, -0.2) is 0 Å². The van der Waals surface area contributed by atoms with Crippen molar-refractivity contribution in [1.29, 1.82) is 0 Å². The van der Waals surface area contributed by atoms with Crippen molar-refractivity contribution in [2.45, 2.75) is 51.9 Å². The zero-order valence-corrected chi connectivity index (χ0v) is 11.5. The molecule has 98 valence electrons. The van der Waals surface area contributed by atoms with Crippen molar-refractivity contribution in [3.63, 3.8) is 0 Å². The molecule has 1 aromatic carbocycles. The fraction of sp³-hybridized carbons (Fsp3) is 0.471. The van der Waals surface area contributed by atoms with Gasteiger partial charge in [-0.2, -0.15) is 0 Å². The smallest absolute Gasteiger partial charge is 0.133 e. The van der Waals surface area contributed by atoms with Crippen LogP contribution in [0.15, 0.2) is 36.9 Å². The lowest BCUT2D eigenvalue weighted by atomic mass is 10.0. The molecule has 1 rings (SSSR count). The van der Waals surface area contributed by atoms with E-state index in [1.807, 2.05) is 18.2 Å². The van der Waals surface area contributed by atoms with E-state index in [0.717, 1.165) is 38.5 Å². The SMILES string of the molecule is C=CCCCCCC(=O)CCc1ccccc1C. The van der Waals surface area contributed by atoms with E-state index in [4.69, 9.17) is 0 Å². The van der Waals surface area contributed by atoms with Crippen molar-refractivity contribution < 1.29 is 4.79 Å². The number of Topliss-reactive ketones (excluding diaryl/α,β-unsaturated/α-hetero) is 1. The van der Waals surface area contributed by atoms with Crippen molar-refractivity contribution in [2.75, 3.05) is 0 Å². The van der Waals surface area contributed by atoms with Gasteiger partial charge in [-0.05, 0) is 43.7 Å². The fourth-order valence-electron chi connectivity index (χ4n) is 2.08. The van der Waals surface area contributed by atoms with Crippen molar-refractivity contribution in [3.05, 3.63) is 48.0 Å². The highest BCUT2D eigenvalue weighted by molar-refractivity contribution is 5.78. The molecule has 1 heteroatoms. The van der Waals surface area contributed by atoms with Gasteiger partial charge in [0.2, 0.25) is 0 Å². The molecule has 0 unspecified atom stereocenters. The standard InChI is InChI=1S/C17H24O/c1-3-4-5-6-7-12-17(18)14-13-16-11-9-8-10-15(16)2/h3,8-11H,1,4-7,12-14H2,2H3. The number of ketones is 1. The van der Waals surface area contributed by atoms with Gasteiger partial charge in [-0.15, -0.1) is 6.58 Å². The van der Waals surface area contributed by atoms with E-state index in [1.54, 1.807) is 0 Å². The molecule has 0 aromatic heterocycles. The van der Waals surface area contributed by atoms with Gasteiger partial charge in [0.05, 0.1) is 0 Å². The minimum absolute atomic E-state index is 0.400. The van der Waals surface area contributed by atoms with Gasteiger partial charge in [-0.1, -0.05) is 36.8 Å². The van der Waals surface area contributed by atoms with Crippen LogP contribution in [0.5, 0.6) is 0 Å². The fourth-order valence-corrected chi connectivity index (χ4v) is 2.08. The summed E-state index contributed by atoms with van der Waals surface area (Å²) in [6, 6.07) is 8.31. The highest BCUT2D eigenvalue weighted by Crippen LogP contribution is 2.11. The zero-order valence-electron chi connectivity index (χ0n) is 11.5. The van der Waals surface area contributed by atoms with Gasteiger partial charge in [0.15, 0.2) is 0 Å². The highest BCUT2D eigenvalue weighted by atomic mass is 16.1. The summed E-state index contributed by atoms with van der Waals surface area (Å²) in [6.07, 6.45) is 8.65. The molecule has 1 nitrogen and oxygen atoms in total. The molecule has 0 aliphatic carbocycles. The zero-order chi connectivity index (χ0) is 13.2. The molecule has 0 saturated carbocycles. The summed E-state index contributed by atoms with van der Waals surface area (Å²) in [6.45, 7) is 5.80. The lowest BCUT2D eigenvalue weighted by Crippen LogP contribution is -2.01. The maximum Gasteiger partial charge on any atom is 0.133 e. The number of hydrogen-bond donors (Lipinski definition) is 0. The molecule has 0 fully saturated rings. The van der Waals surface area contributed by atoms with Crippen LogP contribution in [0.25, 0.3) is 0 Å². The van der Waals surface area contributed by atoms with Gasteiger partial charge in [0.1, 0.15) is 5.78 Å². The molecule has 0 atom stereocenters. The van der Waals surface area contributed by atoms with E-state index < -0.39 is 0 Å². The average molecular weight is 244 g/mol. The number of carbonyl (C=O) groups is 1. The first-order valence-electron chi connectivity index (χ1n) is 6.91. The molecule has 18 heavy (non-hydrogen) atoms. The van der Waals surface area contributed by atoms with Crippen molar-refractivity contribution in [3.8, 4) is 0 Å². The summed E-state index contributed by atoms with van der Waals surface area (Å²) >= 11 is 0. The Bertz CT molecular complexity index is 379. The predicted molar refractivity (Wildman–Crippen MR) is 77.8 cm³/mol. The molecule has 0 spiro atoms. The van der Waals surface area contributed by atoms with Crippen LogP contribution < -0.4 is 0 Å². The largest absolute Gasteiger partial charge is 0.300 e. The summed E-state index contributed by atoms with van der Waals surface area (Å²) < 4.78 is 0. The highest BCUT2D eigenvalue weighted by Gasteiger charge is 2.04. The lowest BCUT2D eigenvalue weighted by molar-refractivity contribution is -0.119. The van der Waals surface area contributed by atoms with Gasteiger partial charge >= 0.3 is 0 Å². The van der Waals surface area contributed by atoms with Crippen LogP contribution in [0.1, 0.15) is 49.7 Å². The number of hydrogen-bond acceptors (Lipinski definition) is 1. The Hall–Kier alpha value is -1.37. The second kappa shape index (κ2) is 8.68. The Morgan fingerprint density at radius 3 is 2.67 bits per heavy atom. The van der Waals surface area contributed by atoms with E-state index in [1.165, 1.54) is 11.1 Å². The molecule has 0 bridgehead atoms. The second-order valence-corrected chi connectivity index (χ2v) is 4.85. The van der Waals surface area contributed by atoms with Gasteiger partial charge in [0, 0.05) is 12.8 Å². The molecule has 0 heterocycles. The number of rotatable bonds is 9. The Labute approximate surface area is 111 Å². The Morgan fingerprint density at radius 1 is 1.17 bits per heavy atom. The first kappa shape index (κ1) is 14.7. The Balaban J connectivity index is 2.17. The third kappa shape index (κ3) is 5.81. The molecular formula is C17H24O. The number of aryl methyl sites for hydroxylation is 2. The van der Waals surface area contributed by atoms with Crippen LogP contribution in [0.3, 0.4) is 0 Å². The number of allylic oxidation sites excluding steroid dienone is 1. The summed E-state index contributed by atoms with van der Waals surface area (Å²) in [5, 5.41) is 0. The van der Waals surface area contributed by atoms with E-state index >= 15 is 0 Å². The minimum Gasteiger partial charge on any atom is -0.300 e. The van der Waals surface area contributed by atoms with Crippen LogP contribution in [0.2, 0.25) is 0 Å². The molecule has 0 aliphatic heterocycles. The third-order valence-corrected chi connectivity index (χ3v) is 3.30. The number of benzene rings is 1. The van der Waals surface area contributed by atoms with Crippen LogP contribution in [0.4, 0.5) is 0 Å². The summed E-state index contributed by atoms with van der Waals surface area (Å²) in [7, 11) is 0. The molecule has 0 amide bonds. The second-order valence-electron chi connectivity index (χ2n) is 4.85. The molecule has 1 aromatic rings.